The number of likely N-dealkylation sites (tertiary alicyclic amines) is 1. The number of ether oxygens (including phenoxy) is 2. The first-order valence-electron chi connectivity index (χ1n) is 16.6. The van der Waals surface area contributed by atoms with Gasteiger partial charge in [-0.3, -0.25) is 19.2 Å². The van der Waals surface area contributed by atoms with E-state index in [-0.39, 0.29) is 44.0 Å². The van der Waals surface area contributed by atoms with E-state index in [4.69, 9.17) is 9.47 Å². The first-order chi connectivity index (χ1) is 22.7. The van der Waals surface area contributed by atoms with Crippen molar-refractivity contribution in [1.82, 2.24) is 10.2 Å². The van der Waals surface area contributed by atoms with Gasteiger partial charge in [0.25, 0.3) is 5.91 Å². The normalized spacial score (nSPS) is 30.0. The molecule has 6 atom stereocenters. The Labute approximate surface area is 275 Å². The van der Waals surface area contributed by atoms with Gasteiger partial charge in [0.15, 0.2) is 0 Å². The number of esters is 1. The van der Waals surface area contributed by atoms with E-state index in [9.17, 15) is 24.3 Å². The molecule has 10 heteroatoms. The van der Waals surface area contributed by atoms with Crippen molar-refractivity contribution >= 4 is 29.4 Å². The Bertz CT molecular complexity index is 1570. The molecule has 0 aromatic heterocycles. The van der Waals surface area contributed by atoms with E-state index >= 15 is 0 Å². The third kappa shape index (κ3) is 6.24. The number of hydrogen-bond acceptors (Lipinski definition) is 7. The number of amides is 3. The second kappa shape index (κ2) is 13.8. The Kier molecular flexibility index (Phi) is 9.61. The fourth-order valence-electron chi connectivity index (χ4n) is 7.47. The van der Waals surface area contributed by atoms with Gasteiger partial charge in [-0.25, -0.2) is 0 Å². The quantitative estimate of drug-likeness (QED) is 0.268. The summed E-state index contributed by atoms with van der Waals surface area (Å²) in [6.07, 6.45) is 8.85. The van der Waals surface area contributed by atoms with Crippen molar-refractivity contribution in [2.24, 2.45) is 11.8 Å². The van der Waals surface area contributed by atoms with Crippen molar-refractivity contribution in [1.29, 1.82) is 0 Å². The molecule has 1 spiro atoms. The molecule has 4 heterocycles. The van der Waals surface area contributed by atoms with Crippen molar-refractivity contribution in [3.63, 3.8) is 0 Å². The van der Waals surface area contributed by atoms with E-state index in [1.54, 1.807) is 22.0 Å². The van der Waals surface area contributed by atoms with Crippen molar-refractivity contribution in [2.45, 2.75) is 69.7 Å². The molecule has 0 bridgehead atoms. The number of hydrogen-bond donors (Lipinski definition) is 2. The molecule has 10 nitrogen and oxygen atoms in total. The van der Waals surface area contributed by atoms with Gasteiger partial charge in [-0.05, 0) is 62.3 Å². The number of nitrogens with one attached hydrogen (secondary N) is 1. The molecule has 2 aromatic carbocycles. The summed E-state index contributed by atoms with van der Waals surface area (Å²) in [4.78, 5) is 59.6. The topological polar surface area (TPSA) is 125 Å². The molecule has 248 valence electrons. The summed E-state index contributed by atoms with van der Waals surface area (Å²) in [5, 5.41) is 12.4. The zero-order valence-corrected chi connectivity index (χ0v) is 27.0. The fraction of sp³-hybridized carbons (Fsp3) is 0.459. The van der Waals surface area contributed by atoms with Crippen LogP contribution in [-0.4, -0.2) is 77.7 Å². The second-order valence-electron chi connectivity index (χ2n) is 12.9. The first kappa shape index (κ1) is 32.7. The maximum atomic E-state index is 14.8. The molecule has 0 saturated carbocycles. The van der Waals surface area contributed by atoms with Crippen molar-refractivity contribution in [2.75, 3.05) is 31.2 Å². The summed E-state index contributed by atoms with van der Waals surface area (Å²) in [5.74, 6) is -3.23. The SMILES string of the molecule is Cc1ccc(C)c(N2CC=C[C@]34O[C@@H]5/C=C\CCC(=O)OC[C@@H](c6ccccc6)NC(=O)[C@@H]5[C@H]3C(=O)N(CCCCCO)[C@@H]4C2=O)c1. The standard InChI is InChI=1S/C37H43N3O7/c1-24-16-17-25(2)28(22-24)39-20-11-18-37-32(35(44)40(33(37)36(39)45)19-9-4-10-21-41)31-29(47-37)14-7-8-15-30(42)46-23-27(38-34(31)43)26-12-5-3-6-13-26/h3,5-7,11-14,16-18,22,27,29,31-33,41H,4,8-10,15,19-21,23H2,1-2H3,(H,38,43)/b14-7-/t27-,29+,31-,32-,33+,37-/m0/s1. The lowest BCUT2D eigenvalue weighted by Gasteiger charge is -2.35. The average Bonchev–Trinajstić information content (AvgIpc) is 3.45. The number of carbonyl (C=O) groups excluding carboxylic acids is 4. The molecule has 2 N–H and O–H groups in total. The third-order valence-corrected chi connectivity index (χ3v) is 9.78. The van der Waals surface area contributed by atoms with E-state index in [1.165, 1.54) is 0 Å². The highest BCUT2D eigenvalue weighted by Gasteiger charge is 2.71. The Morgan fingerprint density at radius 1 is 0.979 bits per heavy atom. The van der Waals surface area contributed by atoms with Gasteiger partial charge in [-0.1, -0.05) is 66.8 Å². The molecule has 3 amide bonds. The number of anilines is 1. The molecule has 0 radical (unpaired) electrons. The summed E-state index contributed by atoms with van der Waals surface area (Å²) in [7, 11) is 0. The zero-order chi connectivity index (χ0) is 33.1. The van der Waals surface area contributed by atoms with Crippen LogP contribution in [0.15, 0.2) is 72.8 Å². The number of rotatable bonds is 7. The van der Waals surface area contributed by atoms with Crippen LogP contribution in [0, 0.1) is 25.7 Å². The van der Waals surface area contributed by atoms with Gasteiger partial charge < -0.3 is 29.7 Å². The van der Waals surface area contributed by atoms with Gasteiger partial charge >= 0.3 is 5.97 Å². The van der Waals surface area contributed by atoms with Gasteiger partial charge in [0.2, 0.25) is 11.8 Å². The zero-order valence-electron chi connectivity index (χ0n) is 27.0. The minimum Gasteiger partial charge on any atom is -0.463 e. The minimum absolute atomic E-state index is 0.0449. The highest BCUT2D eigenvalue weighted by atomic mass is 16.5. The summed E-state index contributed by atoms with van der Waals surface area (Å²) in [5.41, 5.74) is 2.09. The van der Waals surface area contributed by atoms with Crippen molar-refractivity contribution in [3.8, 4) is 0 Å². The van der Waals surface area contributed by atoms with Crippen LogP contribution in [0.25, 0.3) is 0 Å². The van der Waals surface area contributed by atoms with Crippen molar-refractivity contribution in [3.05, 3.63) is 89.5 Å². The fourth-order valence-corrected chi connectivity index (χ4v) is 7.47. The largest absolute Gasteiger partial charge is 0.463 e. The smallest absolute Gasteiger partial charge is 0.306 e. The molecule has 2 saturated heterocycles. The van der Waals surface area contributed by atoms with Crippen LogP contribution < -0.4 is 10.2 Å². The molecule has 47 heavy (non-hydrogen) atoms. The van der Waals surface area contributed by atoms with Crippen LogP contribution in [0.5, 0.6) is 0 Å². The number of carbonyl (C=O) groups is 4. The number of nitrogens with zero attached hydrogens (tertiary/aromatic N) is 2. The Morgan fingerprint density at radius 2 is 1.79 bits per heavy atom. The lowest BCUT2D eigenvalue weighted by molar-refractivity contribution is -0.146. The third-order valence-electron chi connectivity index (χ3n) is 9.78. The van der Waals surface area contributed by atoms with Gasteiger partial charge in [0, 0.05) is 31.8 Å². The highest BCUT2D eigenvalue weighted by molar-refractivity contribution is 6.06. The van der Waals surface area contributed by atoms with E-state index in [1.807, 2.05) is 74.5 Å². The number of fused-ring (bicyclic) bond motifs is 2. The minimum atomic E-state index is -1.39. The molecule has 2 fully saturated rings. The van der Waals surface area contributed by atoms with Crippen LogP contribution in [0.4, 0.5) is 5.69 Å². The van der Waals surface area contributed by atoms with E-state index in [0.717, 1.165) is 22.4 Å². The molecular weight excluding hydrogens is 598 g/mol. The van der Waals surface area contributed by atoms with Crippen LogP contribution >= 0.6 is 0 Å². The number of allylic oxidation sites excluding steroid dienone is 1. The van der Waals surface area contributed by atoms with Crippen molar-refractivity contribution < 1.29 is 33.8 Å². The number of aryl methyl sites for hydroxylation is 2. The molecule has 6 rings (SSSR count). The predicted octanol–water partition coefficient (Wildman–Crippen LogP) is 3.70. The lowest BCUT2D eigenvalue weighted by atomic mass is 9.77. The van der Waals surface area contributed by atoms with Gasteiger partial charge in [0.05, 0.1) is 24.0 Å². The maximum Gasteiger partial charge on any atom is 0.306 e. The summed E-state index contributed by atoms with van der Waals surface area (Å²) < 4.78 is 12.4. The van der Waals surface area contributed by atoms with Crippen LogP contribution in [0.1, 0.15) is 54.8 Å². The van der Waals surface area contributed by atoms with E-state index < -0.39 is 41.5 Å². The maximum absolute atomic E-state index is 14.8. The molecule has 0 unspecified atom stereocenters. The number of unbranched alkanes of at least 4 members (excludes halogenated alkanes) is 2. The van der Waals surface area contributed by atoms with E-state index in [0.29, 0.717) is 32.2 Å². The van der Waals surface area contributed by atoms with Crippen LogP contribution in [-0.2, 0) is 28.7 Å². The van der Waals surface area contributed by atoms with Crippen LogP contribution in [0.3, 0.4) is 0 Å². The number of aliphatic hydroxyl groups excluding tert-OH is 1. The number of aliphatic hydroxyl groups is 1. The lowest BCUT2D eigenvalue weighted by Crippen LogP contribution is -2.55. The monoisotopic (exact) mass is 641 g/mol. The van der Waals surface area contributed by atoms with Crippen LogP contribution in [0.2, 0.25) is 0 Å². The molecule has 0 aliphatic carbocycles. The van der Waals surface area contributed by atoms with Gasteiger partial charge in [-0.2, -0.15) is 0 Å². The highest BCUT2D eigenvalue weighted by Crippen LogP contribution is 2.53. The molecular formula is C37H43N3O7. The molecule has 4 aliphatic heterocycles. The van der Waals surface area contributed by atoms with Gasteiger partial charge in [0.1, 0.15) is 18.2 Å². The van der Waals surface area contributed by atoms with Gasteiger partial charge in [-0.15, -0.1) is 0 Å². The van der Waals surface area contributed by atoms with E-state index in [2.05, 4.69) is 5.32 Å². The number of cyclic esters (lactones) is 1. The summed E-state index contributed by atoms with van der Waals surface area (Å²) in [6, 6.07) is 13.6. The Balaban J connectivity index is 1.42. The Hall–Kier alpha value is -4.28. The molecule has 4 aliphatic rings. The predicted molar refractivity (Wildman–Crippen MR) is 175 cm³/mol. The molecule has 2 aromatic rings. The number of benzene rings is 2. The average molecular weight is 642 g/mol. The summed E-state index contributed by atoms with van der Waals surface area (Å²) in [6.45, 7) is 4.51. The summed E-state index contributed by atoms with van der Waals surface area (Å²) >= 11 is 0. The first-order valence-corrected chi connectivity index (χ1v) is 16.6. The second-order valence-corrected chi connectivity index (χ2v) is 12.9. The Morgan fingerprint density at radius 3 is 2.57 bits per heavy atom.